The number of carbonyl (C=O) groups is 1. The van der Waals surface area contributed by atoms with E-state index in [9.17, 15) is 4.79 Å². The average molecular weight is 346 g/mol. The first-order valence-corrected chi connectivity index (χ1v) is 8.32. The Morgan fingerprint density at radius 3 is 2.76 bits per heavy atom. The molecule has 1 aromatic carbocycles. The molecule has 8 nitrogen and oxygen atoms in total. The Balaban J connectivity index is 1.60. The second-order valence-electron chi connectivity index (χ2n) is 5.67. The van der Waals surface area contributed by atoms with Crippen molar-refractivity contribution >= 4 is 11.6 Å². The number of hydrogen-bond acceptors (Lipinski definition) is 7. The smallest absolute Gasteiger partial charge is 0.316 e. The fourth-order valence-electron chi connectivity index (χ4n) is 2.57. The molecule has 1 aromatic heterocycles. The monoisotopic (exact) mass is 346 g/mol. The molecule has 1 aliphatic rings. The SMILES string of the molecule is COCCCNC(=O)c1nc(-c2ccc(N3CCOCC3)cc2)no1. The Kier molecular flexibility index (Phi) is 5.97. The minimum atomic E-state index is -0.375. The topological polar surface area (TPSA) is 89.7 Å². The van der Waals surface area contributed by atoms with Gasteiger partial charge in [0.2, 0.25) is 5.82 Å². The molecule has 2 aromatic rings. The molecule has 0 aliphatic carbocycles. The van der Waals surface area contributed by atoms with Crippen LogP contribution in [0.5, 0.6) is 0 Å². The number of hydrogen-bond donors (Lipinski definition) is 1. The van der Waals surface area contributed by atoms with Crippen LogP contribution in [0.15, 0.2) is 28.8 Å². The Labute approximate surface area is 146 Å². The summed E-state index contributed by atoms with van der Waals surface area (Å²) in [6.45, 7) is 4.35. The van der Waals surface area contributed by atoms with Crippen molar-refractivity contribution in [2.75, 3.05) is 51.5 Å². The Hall–Kier alpha value is -2.45. The van der Waals surface area contributed by atoms with E-state index in [0.29, 0.717) is 19.0 Å². The summed E-state index contributed by atoms with van der Waals surface area (Å²) in [6.07, 6.45) is 0.728. The molecular formula is C17H22N4O4. The molecule has 2 heterocycles. The zero-order chi connectivity index (χ0) is 17.5. The third kappa shape index (κ3) is 4.55. The van der Waals surface area contributed by atoms with Gasteiger partial charge in [0, 0.05) is 44.6 Å². The highest BCUT2D eigenvalue weighted by Crippen LogP contribution is 2.21. The lowest BCUT2D eigenvalue weighted by atomic mass is 10.2. The van der Waals surface area contributed by atoms with E-state index < -0.39 is 0 Å². The Morgan fingerprint density at radius 1 is 1.28 bits per heavy atom. The van der Waals surface area contributed by atoms with Gasteiger partial charge in [-0.3, -0.25) is 4.79 Å². The highest BCUT2D eigenvalue weighted by molar-refractivity contribution is 5.89. The molecule has 8 heteroatoms. The molecule has 25 heavy (non-hydrogen) atoms. The van der Waals surface area contributed by atoms with Crippen LogP contribution in [0.4, 0.5) is 5.69 Å². The summed E-state index contributed by atoms with van der Waals surface area (Å²) in [6, 6.07) is 7.88. The summed E-state index contributed by atoms with van der Waals surface area (Å²) in [5, 5.41) is 6.61. The normalized spacial score (nSPS) is 14.5. The number of nitrogens with zero attached hydrogens (tertiary/aromatic N) is 3. The van der Waals surface area contributed by atoms with Crippen molar-refractivity contribution < 1.29 is 18.8 Å². The summed E-state index contributed by atoms with van der Waals surface area (Å²) >= 11 is 0. The summed E-state index contributed by atoms with van der Waals surface area (Å²) in [5.41, 5.74) is 1.94. The molecule has 0 bridgehead atoms. The molecule has 0 unspecified atom stereocenters. The van der Waals surface area contributed by atoms with Gasteiger partial charge in [-0.05, 0) is 30.7 Å². The predicted octanol–water partition coefficient (Wildman–Crippen LogP) is 1.34. The fourth-order valence-corrected chi connectivity index (χ4v) is 2.57. The maximum atomic E-state index is 11.9. The van der Waals surface area contributed by atoms with E-state index in [1.807, 2.05) is 24.3 Å². The van der Waals surface area contributed by atoms with E-state index in [4.69, 9.17) is 14.0 Å². The molecule has 1 fully saturated rings. The number of benzene rings is 1. The highest BCUT2D eigenvalue weighted by Gasteiger charge is 2.16. The van der Waals surface area contributed by atoms with Crippen LogP contribution < -0.4 is 10.2 Å². The van der Waals surface area contributed by atoms with Gasteiger partial charge in [-0.15, -0.1) is 0 Å². The maximum Gasteiger partial charge on any atom is 0.316 e. The van der Waals surface area contributed by atoms with Crippen LogP contribution in [0.3, 0.4) is 0 Å². The quantitative estimate of drug-likeness (QED) is 0.757. The zero-order valence-corrected chi connectivity index (χ0v) is 14.2. The van der Waals surface area contributed by atoms with Crippen LogP contribution in [0.25, 0.3) is 11.4 Å². The lowest BCUT2D eigenvalue weighted by Crippen LogP contribution is -2.36. The van der Waals surface area contributed by atoms with Crippen LogP contribution in [0.1, 0.15) is 17.1 Å². The predicted molar refractivity (Wildman–Crippen MR) is 91.6 cm³/mol. The number of amides is 1. The number of anilines is 1. The second kappa shape index (κ2) is 8.59. The van der Waals surface area contributed by atoms with Crippen LogP contribution in [0, 0.1) is 0 Å². The molecule has 3 rings (SSSR count). The third-order valence-corrected chi connectivity index (χ3v) is 3.93. The summed E-state index contributed by atoms with van der Waals surface area (Å²) < 4.78 is 15.3. The van der Waals surface area contributed by atoms with Gasteiger partial charge in [-0.25, -0.2) is 0 Å². The van der Waals surface area contributed by atoms with E-state index in [0.717, 1.165) is 44.0 Å². The minimum absolute atomic E-state index is 0.0373. The molecule has 1 N–H and O–H groups in total. The number of ether oxygens (including phenoxy) is 2. The Morgan fingerprint density at radius 2 is 2.04 bits per heavy atom. The van der Waals surface area contributed by atoms with Crippen molar-refractivity contribution in [2.24, 2.45) is 0 Å². The van der Waals surface area contributed by atoms with Gasteiger partial charge in [0.15, 0.2) is 0 Å². The number of nitrogens with one attached hydrogen (secondary N) is 1. The Bertz CT molecular complexity index is 680. The number of carbonyl (C=O) groups excluding carboxylic acids is 1. The van der Waals surface area contributed by atoms with Crippen molar-refractivity contribution in [1.29, 1.82) is 0 Å². The van der Waals surface area contributed by atoms with Crippen LogP contribution in [-0.2, 0) is 9.47 Å². The van der Waals surface area contributed by atoms with Crippen molar-refractivity contribution in [3.05, 3.63) is 30.2 Å². The van der Waals surface area contributed by atoms with E-state index in [2.05, 4.69) is 20.4 Å². The number of morpholine rings is 1. The summed E-state index contributed by atoms with van der Waals surface area (Å²) in [4.78, 5) is 18.4. The van der Waals surface area contributed by atoms with Gasteiger partial charge in [0.1, 0.15) is 0 Å². The van der Waals surface area contributed by atoms with Crippen molar-refractivity contribution in [1.82, 2.24) is 15.5 Å². The molecule has 1 aliphatic heterocycles. The van der Waals surface area contributed by atoms with Crippen LogP contribution >= 0.6 is 0 Å². The number of aromatic nitrogens is 2. The van der Waals surface area contributed by atoms with Crippen molar-refractivity contribution in [3.8, 4) is 11.4 Å². The molecule has 0 saturated carbocycles. The van der Waals surface area contributed by atoms with E-state index >= 15 is 0 Å². The summed E-state index contributed by atoms with van der Waals surface area (Å²) in [7, 11) is 1.62. The lowest BCUT2D eigenvalue weighted by Gasteiger charge is -2.28. The minimum Gasteiger partial charge on any atom is -0.385 e. The van der Waals surface area contributed by atoms with E-state index in [1.54, 1.807) is 7.11 Å². The average Bonchev–Trinajstić information content (AvgIpc) is 3.16. The number of methoxy groups -OCH3 is 1. The molecule has 0 spiro atoms. The first-order chi connectivity index (χ1) is 12.3. The molecule has 0 radical (unpaired) electrons. The fraction of sp³-hybridized carbons (Fsp3) is 0.471. The molecule has 0 atom stereocenters. The van der Waals surface area contributed by atoms with Crippen LogP contribution in [0.2, 0.25) is 0 Å². The second-order valence-corrected chi connectivity index (χ2v) is 5.67. The van der Waals surface area contributed by atoms with Crippen LogP contribution in [-0.4, -0.2) is 62.6 Å². The van der Waals surface area contributed by atoms with Gasteiger partial charge in [-0.2, -0.15) is 4.98 Å². The number of rotatable bonds is 7. The van der Waals surface area contributed by atoms with E-state index in [1.165, 1.54) is 0 Å². The highest BCUT2D eigenvalue weighted by atomic mass is 16.5. The van der Waals surface area contributed by atoms with Gasteiger partial charge in [0.25, 0.3) is 0 Å². The largest absolute Gasteiger partial charge is 0.385 e. The van der Waals surface area contributed by atoms with E-state index in [-0.39, 0.29) is 11.8 Å². The van der Waals surface area contributed by atoms with Gasteiger partial charge >= 0.3 is 11.8 Å². The maximum absolute atomic E-state index is 11.9. The van der Waals surface area contributed by atoms with Crippen molar-refractivity contribution in [3.63, 3.8) is 0 Å². The van der Waals surface area contributed by atoms with Crippen molar-refractivity contribution in [2.45, 2.75) is 6.42 Å². The first-order valence-electron chi connectivity index (χ1n) is 8.32. The molecule has 1 amide bonds. The van der Waals surface area contributed by atoms with Gasteiger partial charge in [-0.1, -0.05) is 5.16 Å². The van der Waals surface area contributed by atoms with Gasteiger partial charge in [0.05, 0.1) is 13.2 Å². The first kappa shape index (κ1) is 17.4. The molecule has 1 saturated heterocycles. The zero-order valence-electron chi connectivity index (χ0n) is 14.2. The lowest BCUT2D eigenvalue weighted by molar-refractivity contribution is 0.0905. The summed E-state index contributed by atoms with van der Waals surface area (Å²) in [5.74, 6) is -0.0139. The van der Waals surface area contributed by atoms with Gasteiger partial charge < -0.3 is 24.2 Å². The molecular weight excluding hydrogens is 324 g/mol. The standard InChI is InChI=1S/C17H22N4O4/c1-23-10-2-7-18-16(22)17-19-15(20-25-17)13-3-5-14(6-4-13)21-8-11-24-12-9-21/h3-6H,2,7-12H2,1H3,(H,18,22). The molecule has 134 valence electrons. The third-order valence-electron chi connectivity index (χ3n) is 3.93.